The van der Waals surface area contributed by atoms with E-state index in [0.717, 1.165) is 35.8 Å². The molecule has 0 saturated heterocycles. The molecule has 0 spiro atoms. The summed E-state index contributed by atoms with van der Waals surface area (Å²) in [5.41, 5.74) is 0. The summed E-state index contributed by atoms with van der Waals surface area (Å²) in [6.07, 6.45) is 9.16. The van der Waals surface area contributed by atoms with Crippen LogP contribution in [0, 0.1) is 0 Å². The number of rotatable bonds is 9. The van der Waals surface area contributed by atoms with Crippen LogP contribution in [0.15, 0.2) is 45.6 Å². The molecule has 1 N–H and O–H groups in total. The molecule has 1 aromatic carbocycles. The van der Waals surface area contributed by atoms with Crippen LogP contribution in [0.25, 0.3) is 0 Å². The van der Waals surface area contributed by atoms with Crippen LogP contribution in [0.4, 0.5) is 9.93 Å². The van der Waals surface area contributed by atoms with Crippen molar-refractivity contribution in [3.05, 3.63) is 36.5 Å². The third-order valence-corrected chi connectivity index (χ3v) is 9.25. The predicted octanol–water partition coefficient (Wildman–Crippen LogP) is 6.32. The normalized spacial score (nSPS) is 21.1. The average Bonchev–Trinajstić information content (AvgIpc) is 3.14. The second-order valence-corrected chi connectivity index (χ2v) is 12.4. The summed E-state index contributed by atoms with van der Waals surface area (Å²) in [6.45, 7) is 2.73. The Bertz CT molecular complexity index is 898. The maximum Gasteiger partial charge on any atom is 0.323 e. The van der Waals surface area contributed by atoms with E-state index in [2.05, 4.69) is 34.6 Å². The van der Waals surface area contributed by atoms with E-state index in [1.165, 1.54) is 35.5 Å². The van der Waals surface area contributed by atoms with Gasteiger partial charge >= 0.3 is 6.03 Å². The average molecular weight is 476 g/mol. The van der Waals surface area contributed by atoms with E-state index in [1.54, 1.807) is 18.0 Å². The van der Waals surface area contributed by atoms with Gasteiger partial charge in [-0.15, -0.1) is 11.8 Å². The van der Waals surface area contributed by atoms with Gasteiger partial charge < -0.3 is 4.90 Å². The molecule has 1 unspecified atom stereocenters. The predicted molar refractivity (Wildman–Crippen MR) is 130 cm³/mol. The van der Waals surface area contributed by atoms with Gasteiger partial charge in [-0.3, -0.25) is 10.1 Å². The minimum absolute atomic E-state index is 0.0452. The Hall–Kier alpha value is -1.51. The highest BCUT2D eigenvalue weighted by Gasteiger charge is 2.50. The number of ketones is 1. The molecule has 31 heavy (non-hydrogen) atoms. The Labute approximate surface area is 196 Å². The van der Waals surface area contributed by atoms with Crippen molar-refractivity contribution >= 4 is 51.8 Å². The van der Waals surface area contributed by atoms with Gasteiger partial charge in [-0.25, -0.2) is 9.78 Å². The van der Waals surface area contributed by atoms with Gasteiger partial charge in [0.1, 0.15) is 0 Å². The Kier molecular flexibility index (Phi) is 7.61. The number of carbonyl (C=O) groups excluding carboxylic acids is 2. The molecule has 1 heterocycles. The van der Waals surface area contributed by atoms with Crippen molar-refractivity contribution in [3.8, 4) is 0 Å². The molecular formula is C23H29N3O2S3. The minimum atomic E-state index is -0.293. The van der Waals surface area contributed by atoms with E-state index in [1.807, 2.05) is 29.7 Å². The molecule has 0 radical (unpaired) electrons. The molecular weight excluding hydrogens is 446 g/mol. The second-order valence-electron chi connectivity index (χ2n) is 8.35. The van der Waals surface area contributed by atoms with Crippen molar-refractivity contribution in [2.24, 2.45) is 0 Å². The molecule has 2 saturated carbocycles. The maximum absolute atomic E-state index is 13.1. The van der Waals surface area contributed by atoms with Crippen LogP contribution in [-0.4, -0.2) is 44.8 Å². The fourth-order valence-corrected chi connectivity index (χ4v) is 7.11. The summed E-state index contributed by atoms with van der Waals surface area (Å²) >= 11 is 4.86. The lowest BCUT2D eigenvalue weighted by molar-refractivity contribution is -0.110. The first kappa shape index (κ1) is 22.7. The van der Waals surface area contributed by atoms with Crippen molar-refractivity contribution in [1.29, 1.82) is 0 Å². The Morgan fingerprint density at radius 3 is 2.71 bits per heavy atom. The van der Waals surface area contributed by atoms with E-state index in [0.29, 0.717) is 17.6 Å². The van der Waals surface area contributed by atoms with E-state index >= 15 is 0 Å². The lowest BCUT2D eigenvalue weighted by atomic mass is 9.94. The Balaban J connectivity index is 1.32. The fraction of sp³-hybridized carbons (Fsp3) is 0.522. The van der Waals surface area contributed by atoms with E-state index < -0.39 is 0 Å². The van der Waals surface area contributed by atoms with Crippen LogP contribution >= 0.6 is 34.9 Å². The minimum Gasteiger partial charge on any atom is -0.321 e. The number of thioether (sulfide) groups is 2. The number of thiazole rings is 1. The lowest BCUT2D eigenvalue weighted by Gasteiger charge is -2.34. The molecule has 0 aliphatic heterocycles. The van der Waals surface area contributed by atoms with E-state index in [-0.39, 0.29) is 16.6 Å². The van der Waals surface area contributed by atoms with Gasteiger partial charge in [-0.2, -0.15) is 0 Å². The third-order valence-electron chi connectivity index (χ3n) is 5.82. The second kappa shape index (κ2) is 10.4. The number of amides is 2. The molecule has 2 aliphatic carbocycles. The monoisotopic (exact) mass is 475 g/mol. The molecule has 2 aliphatic rings. The first-order valence-electron chi connectivity index (χ1n) is 11.0. The summed E-state index contributed by atoms with van der Waals surface area (Å²) in [4.78, 5) is 32.4. The zero-order valence-electron chi connectivity index (χ0n) is 17.8. The molecule has 0 bridgehead atoms. The van der Waals surface area contributed by atoms with Crippen LogP contribution in [0.5, 0.6) is 0 Å². The molecule has 2 aromatic rings. The zero-order chi connectivity index (χ0) is 21.7. The van der Waals surface area contributed by atoms with Crippen molar-refractivity contribution in [3.63, 3.8) is 0 Å². The largest absolute Gasteiger partial charge is 0.323 e. The first-order chi connectivity index (χ1) is 15.0. The van der Waals surface area contributed by atoms with Crippen LogP contribution < -0.4 is 5.32 Å². The van der Waals surface area contributed by atoms with Crippen molar-refractivity contribution in [1.82, 2.24) is 9.88 Å². The number of anilines is 1. The van der Waals surface area contributed by atoms with Gasteiger partial charge in [0, 0.05) is 23.9 Å². The number of hydrogen-bond donors (Lipinski definition) is 1. The molecule has 4 rings (SSSR count). The van der Waals surface area contributed by atoms with Gasteiger partial charge in [0.2, 0.25) is 0 Å². The van der Waals surface area contributed by atoms with Gasteiger partial charge in [-0.05, 0) is 44.1 Å². The van der Waals surface area contributed by atoms with Gasteiger partial charge in [0.25, 0.3) is 0 Å². The molecule has 166 valence electrons. The number of nitrogens with one attached hydrogen (secondary N) is 1. The quantitative estimate of drug-likeness (QED) is 0.340. The third kappa shape index (κ3) is 6.26. The van der Waals surface area contributed by atoms with Gasteiger partial charge in [0.15, 0.2) is 10.9 Å². The number of urea groups is 1. The number of carbonyl (C=O) groups is 2. The number of Topliss-reactive ketones (excluding diaryl/α,β-unsaturated/α-hetero) is 1. The van der Waals surface area contributed by atoms with E-state index in [9.17, 15) is 9.59 Å². The summed E-state index contributed by atoms with van der Waals surface area (Å²) in [7, 11) is 0. The van der Waals surface area contributed by atoms with Crippen LogP contribution in [-0.2, 0) is 4.79 Å². The van der Waals surface area contributed by atoms with Gasteiger partial charge in [-0.1, -0.05) is 60.6 Å². The van der Waals surface area contributed by atoms with Crippen LogP contribution in [0.3, 0.4) is 0 Å². The molecule has 2 fully saturated rings. The first-order valence-corrected chi connectivity index (χ1v) is 13.6. The molecule has 2 amide bonds. The number of benzene rings is 1. The Morgan fingerprint density at radius 1 is 1.26 bits per heavy atom. The highest BCUT2D eigenvalue weighted by atomic mass is 32.2. The summed E-state index contributed by atoms with van der Waals surface area (Å²) in [6, 6.07) is 10.7. The van der Waals surface area contributed by atoms with Crippen molar-refractivity contribution < 1.29 is 9.59 Å². The standard InChI is InChI=1S/C23H29N3O2S3/c1-23(15-19(23)27)31-20-16-24-21(30-20)25-22(28)26(17-9-4-2-5-10-17)13-8-14-29-18-11-6-3-7-12-18/h3,6-7,11-12,16-17H,2,4-5,8-10,13-15H2,1H3,(H,24,25,28). The Morgan fingerprint density at radius 2 is 2.00 bits per heavy atom. The van der Waals surface area contributed by atoms with Gasteiger partial charge in [0.05, 0.1) is 15.2 Å². The van der Waals surface area contributed by atoms with Crippen molar-refractivity contribution in [2.75, 3.05) is 17.6 Å². The summed E-state index contributed by atoms with van der Waals surface area (Å²) in [5.74, 6) is 1.28. The maximum atomic E-state index is 13.1. The smallest absolute Gasteiger partial charge is 0.321 e. The number of nitrogens with zero attached hydrogens (tertiary/aromatic N) is 2. The molecule has 8 heteroatoms. The highest BCUT2D eigenvalue weighted by Crippen LogP contribution is 2.49. The van der Waals surface area contributed by atoms with Crippen molar-refractivity contribution in [2.45, 2.75) is 71.8 Å². The topological polar surface area (TPSA) is 62.3 Å². The fourth-order valence-electron chi connectivity index (χ4n) is 3.89. The summed E-state index contributed by atoms with van der Waals surface area (Å²) in [5, 5.41) is 3.64. The molecule has 1 atom stereocenters. The lowest BCUT2D eigenvalue weighted by Crippen LogP contribution is -2.44. The zero-order valence-corrected chi connectivity index (χ0v) is 20.3. The highest BCUT2D eigenvalue weighted by molar-refractivity contribution is 8.03. The number of aromatic nitrogens is 1. The summed E-state index contributed by atoms with van der Waals surface area (Å²) < 4.78 is 0.686. The molecule has 5 nitrogen and oxygen atoms in total. The van der Waals surface area contributed by atoms with Crippen LogP contribution in [0.2, 0.25) is 0 Å². The van der Waals surface area contributed by atoms with E-state index in [4.69, 9.17) is 0 Å². The van der Waals surface area contributed by atoms with Crippen LogP contribution in [0.1, 0.15) is 51.9 Å². The number of hydrogen-bond acceptors (Lipinski definition) is 6. The SMILES string of the molecule is CC1(Sc2cnc(NC(=O)N(CCCSc3ccccc3)C3CCCCC3)s2)CC1=O. The molecule has 1 aromatic heterocycles.